The Morgan fingerprint density at radius 2 is 1.70 bits per heavy atom. The maximum atomic E-state index is 13.6. The fraction of sp³-hybridized carbons (Fsp3) is 0. The first-order valence-electron chi connectivity index (χ1n) is 8.25. The minimum absolute atomic E-state index is 0.0000566. The van der Waals surface area contributed by atoms with Crippen LogP contribution < -0.4 is 20.9 Å². The van der Waals surface area contributed by atoms with Gasteiger partial charge in [0.05, 0.1) is 9.47 Å². The second-order valence-electron chi connectivity index (χ2n) is 5.75. The van der Waals surface area contributed by atoms with Crippen LogP contribution in [0.1, 0.15) is 10.4 Å². The zero-order valence-corrected chi connectivity index (χ0v) is 19.0. The van der Waals surface area contributed by atoms with E-state index >= 15 is 0 Å². The first-order valence-corrected chi connectivity index (χ1v) is 11.7. The van der Waals surface area contributed by atoms with E-state index in [4.69, 9.17) is 12.2 Å². The van der Waals surface area contributed by atoms with Crippen LogP contribution in [0, 0.1) is 5.82 Å². The number of anilines is 2. The van der Waals surface area contributed by atoms with Crippen molar-refractivity contribution >= 4 is 71.9 Å². The fourth-order valence-electron chi connectivity index (χ4n) is 2.24. The number of amides is 1. The highest BCUT2D eigenvalue weighted by Crippen LogP contribution is 2.27. The maximum absolute atomic E-state index is 13.6. The zero-order chi connectivity index (χ0) is 21.7. The summed E-state index contributed by atoms with van der Waals surface area (Å²) in [6, 6.07) is 14.9. The van der Waals surface area contributed by atoms with Gasteiger partial charge in [-0.25, -0.2) is 12.8 Å². The van der Waals surface area contributed by atoms with E-state index in [-0.39, 0.29) is 20.6 Å². The Morgan fingerprint density at radius 1 is 1.00 bits per heavy atom. The summed E-state index contributed by atoms with van der Waals surface area (Å²) in [5.41, 5.74) is 5.58. The molecule has 0 unspecified atom stereocenters. The predicted molar refractivity (Wildman–Crippen MR) is 122 cm³/mol. The molecular formula is C18H14BrFN4O3S3. The Labute approximate surface area is 189 Å². The van der Waals surface area contributed by atoms with Gasteiger partial charge in [0, 0.05) is 11.3 Å². The lowest BCUT2D eigenvalue weighted by Crippen LogP contribution is -2.43. The summed E-state index contributed by atoms with van der Waals surface area (Å²) in [6.07, 6.45) is 0. The lowest BCUT2D eigenvalue weighted by Gasteiger charge is -2.12. The molecule has 0 aliphatic heterocycles. The van der Waals surface area contributed by atoms with Gasteiger partial charge in [0.15, 0.2) is 5.11 Å². The van der Waals surface area contributed by atoms with Crippen molar-refractivity contribution in [3.05, 3.63) is 75.8 Å². The molecule has 1 heterocycles. The molecule has 0 radical (unpaired) electrons. The number of hydrazine groups is 1. The van der Waals surface area contributed by atoms with Crippen LogP contribution in [0.5, 0.6) is 0 Å². The van der Waals surface area contributed by atoms with E-state index in [1.54, 1.807) is 18.2 Å². The monoisotopic (exact) mass is 528 g/mol. The fourth-order valence-corrected chi connectivity index (χ4v) is 5.47. The highest BCUT2D eigenvalue weighted by atomic mass is 79.9. The van der Waals surface area contributed by atoms with E-state index in [0.717, 1.165) is 11.3 Å². The molecule has 0 aliphatic carbocycles. The summed E-state index contributed by atoms with van der Waals surface area (Å²) in [5, 5.41) is 2.62. The molecule has 7 nitrogen and oxygen atoms in total. The number of halogens is 2. The van der Waals surface area contributed by atoms with Crippen LogP contribution in [0.3, 0.4) is 0 Å². The normalized spacial score (nSPS) is 10.9. The molecule has 0 saturated carbocycles. The number of rotatable bonds is 5. The summed E-state index contributed by atoms with van der Waals surface area (Å²) in [4.78, 5) is 12.2. The van der Waals surface area contributed by atoms with Gasteiger partial charge in [-0.3, -0.25) is 20.4 Å². The molecule has 0 saturated heterocycles. The molecule has 12 heteroatoms. The van der Waals surface area contributed by atoms with Crippen LogP contribution in [0.4, 0.5) is 15.8 Å². The summed E-state index contributed by atoms with van der Waals surface area (Å²) in [7, 11) is -3.71. The number of para-hydroxylation sites is 1. The average Bonchev–Trinajstić information content (AvgIpc) is 3.16. The van der Waals surface area contributed by atoms with Crippen molar-refractivity contribution in [3.8, 4) is 0 Å². The van der Waals surface area contributed by atoms with Crippen molar-refractivity contribution in [2.75, 3.05) is 10.0 Å². The molecule has 1 aromatic heterocycles. The molecule has 3 aromatic rings. The quantitative estimate of drug-likeness (QED) is 0.294. The standard InChI is InChI=1S/C18H14BrFN4O3S3/c19-15-9-10-16(29-15)30(26,27)24-12-7-5-11(6-8-12)17(25)22-23-18(28)21-14-4-2-1-3-13(14)20/h1-10,24H,(H,22,25)(H2,21,23,28). The summed E-state index contributed by atoms with van der Waals surface area (Å²) in [5.74, 6) is -0.995. The van der Waals surface area contributed by atoms with Gasteiger partial charge >= 0.3 is 0 Å². The molecule has 2 aromatic carbocycles. The zero-order valence-electron chi connectivity index (χ0n) is 15.0. The summed E-state index contributed by atoms with van der Waals surface area (Å²) in [6.45, 7) is 0. The van der Waals surface area contributed by atoms with Crippen molar-refractivity contribution in [1.29, 1.82) is 0 Å². The molecule has 30 heavy (non-hydrogen) atoms. The maximum Gasteiger partial charge on any atom is 0.271 e. The van der Waals surface area contributed by atoms with Gasteiger partial charge in [-0.2, -0.15) is 0 Å². The average molecular weight is 529 g/mol. The van der Waals surface area contributed by atoms with Gasteiger partial charge in [0.25, 0.3) is 15.9 Å². The van der Waals surface area contributed by atoms with E-state index in [1.165, 1.54) is 42.5 Å². The van der Waals surface area contributed by atoms with Crippen LogP contribution in [-0.4, -0.2) is 19.4 Å². The third kappa shape index (κ3) is 5.75. The van der Waals surface area contributed by atoms with Crippen LogP contribution in [0.2, 0.25) is 0 Å². The van der Waals surface area contributed by atoms with E-state index < -0.39 is 21.7 Å². The van der Waals surface area contributed by atoms with Gasteiger partial charge in [0.2, 0.25) is 0 Å². The largest absolute Gasteiger partial charge is 0.329 e. The second kappa shape index (κ2) is 9.51. The number of nitrogens with one attached hydrogen (secondary N) is 4. The Morgan fingerprint density at radius 3 is 2.33 bits per heavy atom. The minimum atomic E-state index is -3.71. The lowest BCUT2D eigenvalue weighted by atomic mass is 10.2. The van der Waals surface area contributed by atoms with Gasteiger partial charge in [0.1, 0.15) is 10.0 Å². The smallest absolute Gasteiger partial charge is 0.271 e. The van der Waals surface area contributed by atoms with Crippen LogP contribution in [0.15, 0.2) is 68.7 Å². The lowest BCUT2D eigenvalue weighted by molar-refractivity contribution is 0.0944. The number of benzene rings is 2. The summed E-state index contributed by atoms with van der Waals surface area (Å²) >= 11 is 9.32. The highest BCUT2D eigenvalue weighted by Gasteiger charge is 2.17. The highest BCUT2D eigenvalue weighted by molar-refractivity contribution is 9.11. The second-order valence-corrected chi connectivity index (χ2v) is 10.5. The molecule has 0 bridgehead atoms. The Balaban J connectivity index is 1.56. The molecule has 0 fully saturated rings. The van der Waals surface area contributed by atoms with E-state index in [2.05, 4.69) is 36.8 Å². The third-order valence-electron chi connectivity index (χ3n) is 3.62. The molecule has 1 amide bonds. The SMILES string of the molecule is O=C(NNC(=S)Nc1ccccc1F)c1ccc(NS(=O)(=O)c2ccc(Br)s2)cc1. The van der Waals surface area contributed by atoms with Gasteiger partial charge in [-0.1, -0.05) is 12.1 Å². The van der Waals surface area contributed by atoms with Gasteiger partial charge in [-0.05, 0) is 76.7 Å². The molecule has 156 valence electrons. The first-order chi connectivity index (χ1) is 14.2. The van der Waals surface area contributed by atoms with Crippen molar-refractivity contribution in [2.24, 2.45) is 0 Å². The first kappa shape index (κ1) is 22.2. The van der Waals surface area contributed by atoms with Crippen LogP contribution >= 0.6 is 39.5 Å². The molecule has 0 atom stereocenters. The Bertz CT molecular complexity index is 1180. The minimum Gasteiger partial charge on any atom is -0.329 e. The molecule has 0 spiro atoms. The number of sulfonamides is 1. The van der Waals surface area contributed by atoms with Crippen LogP contribution in [-0.2, 0) is 10.0 Å². The number of carbonyl (C=O) groups excluding carboxylic acids is 1. The number of thiocarbonyl (C=S) groups is 1. The van der Waals surface area contributed by atoms with Gasteiger partial charge < -0.3 is 5.32 Å². The van der Waals surface area contributed by atoms with Crippen LogP contribution in [0.25, 0.3) is 0 Å². The molecule has 4 N–H and O–H groups in total. The number of hydrogen-bond acceptors (Lipinski definition) is 5. The van der Waals surface area contributed by atoms with E-state index in [1.807, 2.05) is 0 Å². The van der Waals surface area contributed by atoms with Crippen molar-refractivity contribution in [1.82, 2.24) is 10.9 Å². The Hall–Kier alpha value is -2.54. The van der Waals surface area contributed by atoms with Gasteiger partial charge in [-0.15, -0.1) is 11.3 Å². The van der Waals surface area contributed by atoms with E-state index in [9.17, 15) is 17.6 Å². The van der Waals surface area contributed by atoms with Crippen molar-refractivity contribution < 1.29 is 17.6 Å². The third-order valence-corrected chi connectivity index (χ3v) is 7.33. The number of carbonyl (C=O) groups is 1. The molecule has 0 aliphatic rings. The number of thiophene rings is 1. The number of hydrogen-bond donors (Lipinski definition) is 4. The predicted octanol–water partition coefficient (Wildman–Crippen LogP) is 4.08. The van der Waals surface area contributed by atoms with Crippen molar-refractivity contribution in [2.45, 2.75) is 4.21 Å². The molecule has 3 rings (SSSR count). The summed E-state index contributed by atoms with van der Waals surface area (Å²) < 4.78 is 41.6. The van der Waals surface area contributed by atoms with E-state index in [0.29, 0.717) is 9.47 Å². The molecular weight excluding hydrogens is 515 g/mol. The Kier molecular flexibility index (Phi) is 7.02. The topological polar surface area (TPSA) is 99.3 Å². The van der Waals surface area contributed by atoms with Crippen molar-refractivity contribution in [3.63, 3.8) is 0 Å².